The summed E-state index contributed by atoms with van der Waals surface area (Å²) < 4.78 is 1.72. The quantitative estimate of drug-likeness (QED) is 0.694. The number of hydrogen-bond acceptors (Lipinski definition) is 6. The Kier molecular flexibility index (Phi) is 7.10. The van der Waals surface area contributed by atoms with Gasteiger partial charge in [0.1, 0.15) is 0 Å². The number of hydrogen-bond donors (Lipinski definition) is 2. The SMILES string of the molecule is CC(C)CNC(=O)CSc1nnnn1CCNC(C)(C)C. The zero-order chi connectivity index (χ0) is 15.9. The van der Waals surface area contributed by atoms with Crippen LogP contribution in [0.5, 0.6) is 0 Å². The highest BCUT2D eigenvalue weighted by atomic mass is 32.2. The second-order valence-corrected chi connectivity index (χ2v) is 7.29. The van der Waals surface area contributed by atoms with Gasteiger partial charge in [-0.2, -0.15) is 0 Å². The van der Waals surface area contributed by atoms with Crippen molar-refractivity contribution in [3.63, 3.8) is 0 Å². The van der Waals surface area contributed by atoms with E-state index in [1.807, 2.05) is 0 Å². The summed E-state index contributed by atoms with van der Waals surface area (Å²) in [5.41, 5.74) is 0.0675. The minimum atomic E-state index is 0.0102. The summed E-state index contributed by atoms with van der Waals surface area (Å²) in [5, 5.41) is 18.5. The zero-order valence-corrected chi connectivity index (χ0v) is 14.3. The smallest absolute Gasteiger partial charge is 0.230 e. The van der Waals surface area contributed by atoms with Gasteiger partial charge in [0.25, 0.3) is 0 Å². The third kappa shape index (κ3) is 8.01. The lowest BCUT2D eigenvalue weighted by Crippen LogP contribution is -2.38. The topological polar surface area (TPSA) is 84.7 Å². The molecule has 0 aliphatic carbocycles. The number of rotatable bonds is 8. The van der Waals surface area contributed by atoms with Gasteiger partial charge in [-0.1, -0.05) is 25.6 Å². The number of carbonyl (C=O) groups is 1. The predicted molar refractivity (Wildman–Crippen MR) is 84.1 cm³/mol. The molecule has 0 saturated carbocycles. The molecule has 0 aliphatic rings. The molecular formula is C13H26N6OS. The van der Waals surface area contributed by atoms with Crippen LogP contribution in [0.2, 0.25) is 0 Å². The molecule has 1 rings (SSSR count). The lowest BCUT2D eigenvalue weighted by Gasteiger charge is -2.20. The van der Waals surface area contributed by atoms with Crippen LogP contribution in [0.4, 0.5) is 0 Å². The first-order valence-corrected chi connectivity index (χ1v) is 8.17. The number of nitrogens with one attached hydrogen (secondary N) is 2. The van der Waals surface area contributed by atoms with Crippen LogP contribution in [-0.4, -0.2) is 50.5 Å². The number of carbonyl (C=O) groups excluding carboxylic acids is 1. The molecule has 21 heavy (non-hydrogen) atoms. The third-order valence-electron chi connectivity index (χ3n) is 2.52. The van der Waals surface area contributed by atoms with E-state index in [0.717, 1.165) is 6.54 Å². The van der Waals surface area contributed by atoms with Crippen molar-refractivity contribution < 1.29 is 4.79 Å². The first-order chi connectivity index (χ1) is 9.78. The fraction of sp³-hybridized carbons (Fsp3) is 0.846. The molecule has 0 spiro atoms. The Balaban J connectivity index is 2.36. The number of amides is 1. The molecule has 2 N–H and O–H groups in total. The van der Waals surface area contributed by atoms with E-state index < -0.39 is 0 Å². The molecule has 0 bridgehead atoms. The molecule has 0 aromatic carbocycles. The first kappa shape index (κ1) is 17.9. The Morgan fingerprint density at radius 2 is 2.10 bits per heavy atom. The molecular weight excluding hydrogens is 288 g/mol. The highest BCUT2D eigenvalue weighted by Crippen LogP contribution is 2.12. The van der Waals surface area contributed by atoms with Gasteiger partial charge in [-0.05, 0) is 37.1 Å². The molecule has 0 unspecified atom stereocenters. The Morgan fingerprint density at radius 3 is 2.71 bits per heavy atom. The monoisotopic (exact) mass is 314 g/mol. The van der Waals surface area contributed by atoms with Crippen molar-refractivity contribution in [2.24, 2.45) is 5.92 Å². The molecule has 7 nitrogen and oxygen atoms in total. The molecule has 0 radical (unpaired) electrons. The van der Waals surface area contributed by atoms with Crippen LogP contribution in [0.1, 0.15) is 34.6 Å². The van der Waals surface area contributed by atoms with Gasteiger partial charge in [-0.3, -0.25) is 4.79 Å². The van der Waals surface area contributed by atoms with Gasteiger partial charge in [0, 0.05) is 18.6 Å². The summed E-state index contributed by atoms with van der Waals surface area (Å²) in [7, 11) is 0. The average molecular weight is 314 g/mol. The fourth-order valence-corrected chi connectivity index (χ4v) is 2.21. The van der Waals surface area contributed by atoms with E-state index in [4.69, 9.17) is 0 Å². The summed E-state index contributed by atoms with van der Waals surface area (Å²) in [4.78, 5) is 11.7. The summed E-state index contributed by atoms with van der Waals surface area (Å²) in [6.45, 7) is 12.6. The van der Waals surface area contributed by atoms with Crippen LogP contribution >= 0.6 is 11.8 Å². The zero-order valence-electron chi connectivity index (χ0n) is 13.5. The van der Waals surface area contributed by atoms with Gasteiger partial charge in [0.05, 0.1) is 12.3 Å². The van der Waals surface area contributed by atoms with Gasteiger partial charge in [-0.15, -0.1) is 5.10 Å². The number of tetrazole rings is 1. The van der Waals surface area contributed by atoms with Crippen molar-refractivity contribution in [3.05, 3.63) is 0 Å². The summed E-state index contributed by atoms with van der Waals surface area (Å²) in [6.07, 6.45) is 0. The van der Waals surface area contributed by atoms with Crippen molar-refractivity contribution in [2.75, 3.05) is 18.8 Å². The van der Waals surface area contributed by atoms with Gasteiger partial charge < -0.3 is 10.6 Å². The predicted octanol–water partition coefficient (Wildman–Crippen LogP) is 0.926. The average Bonchev–Trinajstić information content (AvgIpc) is 2.80. The van der Waals surface area contributed by atoms with E-state index in [9.17, 15) is 4.79 Å². The van der Waals surface area contributed by atoms with Crippen LogP contribution in [0, 0.1) is 5.92 Å². The van der Waals surface area contributed by atoms with E-state index in [-0.39, 0.29) is 11.4 Å². The summed E-state index contributed by atoms with van der Waals surface area (Å²) in [5.74, 6) is 0.795. The van der Waals surface area contributed by atoms with Crippen LogP contribution in [0.3, 0.4) is 0 Å². The maximum absolute atomic E-state index is 11.7. The second-order valence-electron chi connectivity index (χ2n) is 6.35. The van der Waals surface area contributed by atoms with E-state index in [1.165, 1.54) is 11.8 Å². The van der Waals surface area contributed by atoms with E-state index in [2.05, 4.69) is 60.8 Å². The van der Waals surface area contributed by atoms with Gasteiger partial charge in [0.2, 0.25) is 11.1 Å². The van der Waals surface area contributed by atoms with Crippen molar-refractivity contribution in [3.8, 4) is 0 Å². The van der Waals surface area contributed by atoms with Gasteiger partial charge in [0.15, 0.2) is 0 Å². The van der Waals surface area contributed by atoms with Crippen molar-refractivity contribution in [2.45, 2.75) is 51.9 Å². The fourth-order valence-electron chi connectivity index (χ4n) is 1.48. The Morgan fingerprint density at radius 1 is 1.38 bits per heavy atom. The maximum Gasteiger partial charge on any atom is 0.230 e. The van der Waals surface area contributed by atoms with Crippen LogP contribution in [-0.2, 0) is 11.3 Å². The van der Waals surface area contributed by atoms with E-state index in [0.29, 0.717) is 29.9 Å². The number of nitrogens with zero attached hydrogens (tertiary/aromatic N) is 4. The summed E-state index contributed by atoms with van der Waals surface area (Å²) in [6, 6.07) is 0. The molecule has 1 heterocycles. The van der Waals surface area contributed by atoms with Crippen molar-refractivity contribution >= 4 is 17.7 Å². The Labute approximate surface area is 130 Å². The molecule has 0 atom stereocenters. The van der Waals surface area contributed by atoms with Crippen LogP contribution in [0.25, 0.3) is 0 Å². The molecule has 8 heteroatoms. The molecule has 120 valence electrons. The van der Waals surface area contributed by atoms with Crippen LogP contribution in [0.15, 0.2) is 5.16 Å². The van der Waals surface area contributed by atoms with Crippen molar-refractivity contribution in [1.82, 2.24) is 30.8 Å². The van der Waals surface area contributed by atoms with Crippen molar-refractivity contribution in [1.29, 1.82) is 0 Å². The Bertz CT molecular complexity index is 440. The van der Waals surface area contributed by atoms with Gasteiger partial charge >= 0.3 is 0 Å². The third-order valence-corrected chi connectivity index (χ3v) is 3.47. The number of thioether (sulfide) groups is 1. The molecule has 0 saturated heterocycles. The standard InChI is InChI=1S/C13H26N6OS/c1-10(2)8-14-11(20)9-21-12-16-17-18-19(12)7-6-15-13(3,4)5/h10,15H,6-9H2,1-5H3,(H,14,20). The minimum absolute atomic E-state index is 0.0102. The van der Waals surface area contributed by atoms with E-state index >= 15 is 0 Å². The minimum Gasteiger partial charge on any atom is -0.355 e. The molecule has 1 aromatic heterocycles. The van der Waals surface area contributed by atoms with Gasteiger partial charge in [-0.25, -0.2) is 4.68 Å². The Hall–Kier alpha value is -1.15. The van der Waals surface area contributed by atoms with E-state index in [1.54, 1.807) is 4.68 Å². The molecule has 0 fully saturated rings. The lowest BCUT2D eigenvalue weighted by molar-refractivity contribution is -0.118. The lowest BCUT2D eigenvalue weighted by atomic mass is 10.1. The molecule has 1 aromatic rings. The van der Waals surface area contributed by atoms with Crippen LogP contribution < -0.4 is 10.6 Å². The highest BCUT2D eigenvalue weighted by Gasteiger charge is 2.12. The highest BCUT2D eigenvalue weighted by molar-refractivity contribution is 7.99. The first-order valence-electron chi connectivity index (χ1n) is 7.18. The molecule has 1 amide bonds. The second kappa shape index (κ2) is 8.33. The largest absolute Gasteiger partial charge is 0.355 e. The number of aromatic nitrogens is 4. The normalized spacial score (nSPS) is 11.9. The maximum atomic E-state index is 11.7. The molecule has 0 aliphatic heterocycles. The summed E-state index contributed by atoms with van der Waals surface area (Å²) >= 11 is 1.36.